The number of nitrogens with one attached hydrogen (secondary N) is 1. The average molecular weight is 327 g/mol. The van der Waals surface area contributed by atoms with Crippen LogP contribution in [0.4, 0.5) is 0 Å². The van der Waals surface area contributed by atoms with Gasteiger partial charge in [0.15, 0.2) is 0 Å². The van der Waals surface area contributed by atoms with Gasteiger partial charge < -0.3 is 15.0 Å². The predicted octanol–water partition coefficient (Wildman–Crippen LogP) is 2.35. The SMILES string of the molecule is CN(Cc1ccc(C(C)(C)C)cc1)C(=O)C1COCCN1.Cl. The highest BCUT2D eigenvalue weighted by Gasteiger charge is 2.24. The van der Waals surface area contributed by atoms with E-state index >= 15 is 0 Å². The van der Waals surface area contributed by atoms with Gasteiger partial charge in [-0.1, -0.05) is 45.0 Å². The van der Waals surface area contributed by atoms with Crippen LogP contribution in [-0.2, 0) is 21.5 Å². The molecule has 1 fully saturated rings. The number of ether oxygens (including phenoxy) is 1. The molecule has 0 aromatic heterocycles. The van der Waals surface area contributed by atoms with Gasteiger partial charge in [-0.15, -0.1) is 12.4 Å². The average Bonchev–Trinajstić information content (AvgIpc) is 2.47. The first-order chi connectivity index (χ1) is 9.88. The van der Waals surface area contributed by atoms with Crippen molar-refractivity contribution in [2.75, 3.05) is 26.8 Å². The third kappa shape index (κ3) is 4.97. The molecule has 1 heterocycles. The Labute approximate surface area is 139 Å². The Bertz CT molecular complexity index is 476. The largest absolute Gasteiger partial charge is 0.378 e. The number of amides is 1. The second-order valence-corrected chi connectivity index (χ2v) is 6.72. The molecule has 1 aliphatic rings. The molecule has 0 radical (unpaired) electrons. The summed E-state index contributed by atoms with van der Waals surface area (Å²) in [5.74, 6) is 0.0922. The van der Waals surface area contributed by atoms with Gasteiger partial charge in [-0.05, 0) is 16.5 Å². The zero-order valence-electron chi connectivity index (χ0n) is 13.9. The van der Waals surface area contributed by atoms with Gasteiger partial charge in [-0.3, -0.25) is 4.79 Å². The van der Waals surface area contributed by atoms with Crippen LogP contribution in [0.3, 0.4) is 0 Å². The third-order valence-corrected chi connectivity index (χ3v) is 3.84. The minimum absolute atomic E-state index is 0. The molecular formula is C17H27ClN2O2. The van der Waals surface area contributed by atoms with E-state index in [4.69, 9.17) is 4.74 Å². The number of likely N-dealkylation sites (N-methyl/N-ethyl adjacent to an activating group) is 1. The summed E-state index contributed by atoms with van der Waals surface area (Å²) in [6, 6.07) is 8.30. The van der Waals surface area contributed by atoms with Crippen molar-refractivity contribution in [3.05, 3.63) is 35.4 Å². The second-order valence-electron chi connectivity index (χ2n) is 6.72. The Morgan fingerprint density at radius 2 is 1.95 bits per heavy atom. The standard InChI is InChI=1S/C17H26N2O2.ClH/c1-17(2,3)14-7-5-13(6-8-14)11-19(4)16(20)15-12-21-10-9-18-15;/h5-8,15,18H,9-12H2,1-4H3;1H. The summed E-state index contributed by atoms with van der Waals surface area (Å²) in [4.78, 5) is 14.1. The maximum Gasteiger partial charge on any atom is 0.242 e. The molecule has 1 aromatic rings. The number of benzene rings is 1. The van der Waals surface area contributed by atoms with Crippen molar-refractivity contribution in [3.8, 4) is 0 Å². The van der Waals surface area contributed by atoms with Crippen LogP contribution in [0.1, 0.15) is 31.9 Å². The number of carbonyl (C=O) groups excluding carboxylic acids is 1. The summed E-state index contributed by atoms with van der Waals surface area (Å²) in [6.45, 7) is 9.12. The topological polar surface area (TPSA) is 41.6 Å². The first-order valence-corrected chi connectivity index (χ1v) is 7.53. The number of nitrogens with zero attached hydrogens (tertiary/aromatic N) is 1. The monoisotopic (exact) mass is 326 g/mol. The van der Waals surface area contributed by atoms with Crippen molar-refractivity contribution in [2.45, 2.75) is 38.8 Å². The fourth-order valence-electron chi connectivity index (χ4n) is 2.45. The zero-order chi connectivity index (χ0) is 15.5. The number of hydrogen-bond acceptors (Lipinski definition) is 3. The molecule has 1 saturated heterocycles. The molecule has 22 heavy (non-hydrogen) atoms. The molecular weight excluding hydrogens is 300 g/mol. The van der Waals surface area contributed by atoms with E-state index in [9.17, 15) is 4.79 Å². The van der Waals surface area contributed by atoms with Crippen molar-refractivity contribution < 1.29 is 9.53 Å². The van der Waals surface area contributed by atoms with Gasteiger partial charge >= 0.3 is 0 Å². The Hall–Kier alpha value is -1.10. The summed E-state index contributed by atoms with van der Waals surface area (Å²) in [7, 11) is 1.84. The molecule has 2 rings (SSSR count). The van der Waals surface area contributed by atoms with Crippen LogP contribution < -0.4 is 5.32 Å². The highest BCUT2D eigenvalue weighted by molar-refractivity contribution is 5.85. The third-order valence-electron chi connectivity index (χ3n) is 3.84. The lowest BCUT2D eigenvalue weighted by Crippen LogP contribution is -2.51. The van der Waals surface area contributed by atoms with Gasteiger partial charge in [0.1, 0.15) is 6.04 Å². The second kappa shape index (κ2) is 7.95. The van der Waals surface area contributed by atoms with Crippen LogP contribution in [0.15, 0.2) is 24.3 Å². The molecule has 0 saturated carbocycles. The van der Waals surface area contributed by atoms with Gasteiger partial charge in [0, 0.05) is 20.1 Å². The van der Waals surface area contributed by atoms with E-state index in [2.05, 4.69) is 50.4 Å². The Morgan fingerprint density at radius 1 is 1.32 bits per heavy atom. The van der Waals surface area contributed by atoms with Crippen LogP contribution in [-0.4, -0.2) is 43.7 Å². The first-order valence-electron chi connectivity index (χ1n) is 7.53. The smallest absolute Gasteiger partial charge is 0.242 e. The lowest BCUT2D eigenvalue weighted by Gasteiger charge is -2.27. The van der Waals surface area contributed by atoms with Gasteiger partial charge in [0.2, 0.25) is 5.91 Å². The predicted molar refractivity (Wildman–Crippen MR) is 91.5 cm³/mol. The molecule has 1 atom stereocenters. The molecule has 0 aliphatic carbocycles. The molecule has 0 spiro atoms. The number of hydrogen-bond donors (Lipinski definition) is 1. The highest BCUT2D eigenvalue weighted by atomic mass is 35.5. The molecule has 1 aliphatic heterocycles. The van der Waals surface area contributed by atoms with Crippen LogP contribution >= 0.6 is 12.4 Å². The van der Waals surface area contributed by atoms with Gasteiger partial charge in [0.25, 0.3) is 0 Å². The van der Waals surface area contributed by atoms with E-state index in [1.165, 1.54) is 5.56 Å². The van der Waals surface area contributed by atoms with Crippen LogP contribution in [0, 0.1) is 0 Å². The molecule has 1 amide bonds. The molecule has 4 nitrogen and oxygen atoms in total. The summed E-state index contributed by atoms with van der Waals surface area (Å²) < 4.78 is 5.35. The summed E-state index contributed by atoms with van der Waals surface area (Å²) in [6.07, 6.45) is 0. The molecule has 5 heteroatoms. The van der Waals surface area contributed by atoms with E-state index in [1.54, 1.807) is 4.90 Å². The highest BCUT2D eigenvalue weighted by Crippen LogP contribution is 2.22. The van der Waals surface area contributed by atoms with E-state index in [0.29, 0.717) is 19.8 Å². The fourth-order valence-corrected chi connectivity index (χ4v) is 2.45. The van der Waals surface area contributed by atoms with E-state index < -0.39 is 0 Å². The number of morpholine rings is 1. The molecule has 124 valence electrons. The molecule has 1 aromatic carbocycles. The van der Waals surface area contributed by atoms with Gasteiger partial charge in [-0.2, -0.15) is 0 Å². The maximum atomic E-state index is 12.3. The quantitative estimate of drug-likeness (QED) is 0.927. The molecule has 1 unspecified atom stereocenters. The van der Waals surface area contributed by atoms with E-state index in [0.717, 1.165) is 12.1 Å². The summed E-state index contributed by atoms with van der Waals surface area (Å²) in [5.41, 5.74) is 2.61. The first kappa shape index (κ1) is 18.9. The van der Waals surface area contributed by atoms with Crippen molar-refractivity contribution in [2.24, 2.45) is 0 Å². The van der Waals surface area contributed by atoms with Crippen molar-refractivity contribution in [1.29, 1.82) is 0 Å². The molecule has 0 bridgehead atoms. The number of halogens is 1. The maximum absolute atomic E-state index is 12.3. The van der Waals surface area contributed by atoms with E-state index in [1.807, 2.05) is 7.05 Å². The fraction of sp³-hybridized carbons (Fsp3) is 0.588. The summed E-state index contributed by atoms with van der Waals surface area (Å²) >= 11 is 0. The lowest BCUT2D eigenvalue weighted by atomic mass is 9.87. The minimum atomic E-state index is -0.211. The summed E-state index contributed by atoms with van der Waals surface area (Å²) in [5, 5.41) is 3.20. The van der Waals surface area contributed by atoms with Crippen LogP contribution in [0.5, 0.6) is 0 Å². The van der Waals surface area contributed by atoms with Crippen molar-refractivity contribution in [3.63, 3.8) is 0 Å². The Balaban J connectivity index is 0.00000242. The number of rotatable bonds is 3. The van der Waals surface area contributed by atoms with Crippen LogP contribution in [0.25, 0.3) is 0 Å². The minimum Gasteiger partial charge on any atom is -0.378 e. The van der Waals surface area contributed by atoms with Gasteiger partial charge in [0.05, 0.1) is 13.2 Å². The normalized spacial score (nSPS) is 18.5. The van der Waals surface area contributed by atoms with Crippen molar-refractivity contribution >= 4 is 18.3 Å². The Kier molecular flexibility index (Phi) is 6.85. The lowest BCUT2D eigenvalue weighted by molar-refractivity contribution is -0.135. The van der Waals surface area contributed by atoms with Gasteiger partial charge in [-0.25, -0.2) is 0 Å². The zero-order valence-corrected chi connectivity index (χ0v) is 14.7. The molecule has 1 N–H and O–H groups in total. The van der Waals surface area contributed by atoms with Crippen LogP contribution in [0.2, 0.25) is 0 Å². The van der Waals surface area contributed by atoms with Crippen molar-refractivity contribution in [1.82, 2.24) is 10.2 Å². The number of carbonyl (C=O) groups is 1. The van der Waals surface area contributed by atoms with E-state index in [-0.39, 0.29) is 29.8 Å². The Morgan fingerprint density at radius 3 is 2.45 bits per heavy atom.